The smallest absolute Gasteiger partial charge is 0.191 e. The molecular weight excluding hydrogens is 522 g/mol. The minimum atomic E-state index is -0.192. The zero-order valence-corrected chi connectivity index (χ0v) is 20.5. The van der Waals surface area contributed by atoms with E-state index in [0.29, 0.717) is 30.7 Å². The molecular formula is C23H28FIN6O. The van der Waals surface area contributed by atoms with E-state index in [0.717, 1.165) is 36.3 Å². The first-order chi connectivity index (χ1) is 15.1. The number of nitrogens with zero attached hydrogens (tertiary/aromatic N) is 3. The fourth-order valence-electron chi connectivity index (χ4n) is 3.52. The SMILES string of the molecule is CCNC(=NCc1nc(-c2ccc(OC)cc2)n[nH]1)NCC1(c2cccc(F)c2)CC1.I. The lowest BCUT2D eigenvalue weighted by atomic mass is 9.96. The van der Waals surface area contributed by atoms with Crippen LogP contribution in [0.3, 0.4) is 0 Å². The number of hydrogen-bond acceptors (Lipinski definition) is 4. The van der Waals surface area contributed by atoms with E-state index >= 15 is 0 Å². The van der Waals surface area contributed by atoms with Crippen LogP contribution in [0.5, 0.6) is 5.75 Å². The van der Waals surface area contributed by atoms with Crippen molar-refractivity contribution in [1.29, 1.82) is 0 Å². The predicted molar refractivity (Wildman–Crippen MR) is 134 cm³/mol. The Morgan fingerprint density at radius 3 is 2.62 bits per heavy atom. The van der Waals surface area contributed by atoms with E-state index in [1.165, 1.54) is 6.07 Å². The first-order valence-electron chi connectivity index (χ1n) is 10.5. The number of rotatable bonds is 8. The molecule has 1 saturated carbocycles. The number of ether oxygens (including phenoxy) is 1. The molecule has 0 unspecified atom stereocenters. The Morgan fingerprint density at radius 1 is 1.19 bits per heavy atom. The summed E-state index contributed by atoms with van der Waals surface area (Å²) in [6.07, 6.45) is 2.08. The van der Waals surface area contributed by atoms with E-state index in [1.807, 2.05) is 37.3 Å². The molecule has 1 aliphatic carbocycles. The highest BCUT2D eigenvalue weighted by Gasteiger charge is 2.44. The largest absolute Gasteiger partial charge is 0.497 e. The van der Waals surface area contributed by atoms with Gasteiger partial charge in [-0.2, -0.15) is 5.10 Å². The van der Waals surface area contributed by atoms with Gasteiger partial charge in [0.15, 0.2) is 11.8 Å². The molecule has 1 aromatic heterocycles. The minimum absolute atomic E-state index is 0. The molecule has 0 bridgehead atoms. The van der Waals surface area contributed by atoms with Crippen LogP contribution in [0.15, 0.2) is 53.5 Å². The normalized spacial score (nSPS) is 14.4. The number of aromatic amines is 1. The van der Waals surface area contributed by atoms with E-state index in [2.05, 4.69) is 30.8 Å². The Balaban J connectivity index is 0.00000289. The van der Waals surface area contributed by atoms with Crippen LogP contribution in [0.2, 0.25) is 0 Å². The van der Waals surface area contributed by atoms with E-state index in [-0.39, 0.29) is 35.2 Å². The van der Waals surface area contributed by atoms with Gasteiger partial charge in [-0.15, -0.1) is 24.0 Å². The highest BCUT2D eigenvalue weighted by Crippen LogP contribution is 2.47. The highest BCUT2D eigenvalue weighted by molar-refractivity contribution is 14.0. The summed E-state index contributed by atoms with van der Waals surface area (Å²) in [5, 5.41) is 13.9. The molecule has 0 saturated heterocycles. The van der Waals surface area contributed by atoms with Gasteiger partial charge in [0.2, 0.25) is 0 Å². The topological polar surface area (TPSA) is 87.2 Å². The van der Waals surface area contributed by atoms with Crippen LogP contribution in [0.1, 0.15) is 31.2 Å². The third-order valence-corrected chi connectivity index (χ3v) is 5.50. The maximum Gasteiger partial charge on any atom is 0.191 e. The van der Waals surface area contributed by atoms with Gasteiger partial charge in [-0.3, -0.25) is 5.10 Å². The molecule has 1 aliphatic rings. The number of hydrogen-bond donors (Lipinski definition) is 3. The molecule has 0 aliphatic heterocycles. The number of aliphatic imine (C=N–C) groups is 1. The summed E-state index contributed by atoms with van der Waals surface area (Å²) >= 11 is 0. The van der Waals surface area contributed by atoms with Crippen LogP contribution in [0.4, 0.5) is 4.39 Å². The summed E-state index contributed by atoms with van der Waals surface area (Å²) in [4.78, 5) is 9.16. The summed E-state index contributed by atoms with van der Waals surface area (Å²) in [7, 11) is 1.64. The average Bonchev–Trinajstić information content (AvgIpc) is 3.44. The molecule has 170 valence electrons. The Bertz CT molecular complexity index is 1050. The monoisotopic (exact) mass is 550 g/mol. The van der Waals surface area contributed by atoms with Crippen molar-refractivity contribution >= 4 is 29.9 Å². The van der Waals surface area contributed by atoms with Gasteiger partial charge in [0.05, 0.1) is 7.11 Å². The van der Waals surface area contributed by atoms with Crippen LogP contribution in [0, 0.1) is 5.82 Å². The molecule has 0 amide bonds. The van der Waals surface area contributed by atoms with Crippen molar-refractivity contribution < 1.29 is 9.13 Å². The Hall–Kier alpha value is -2.69. The number of H-pyrrole nitrogens is 1. The predicted octanol–water partition coefficient (Wildman–Crippen LogP) is 4.02. The molecule has 32 heavy (non-hydrogen) atoms. The second kappa shape index (κ2) is 10.8. The van der Waals surface area contributed by atoms with Crippen molar-refractivity contribution in [3.63, 3.8) is 0 Å². The second-order valence-electron chi connectivity index (χ2n) is 7.67. The van der Waals surface area contributed by atoms with Gasteiger partial charge >= 0.3 is 0 Å². The number of benzene rings is 2. The zero-order valence-electron chi connectivity index (χ0n) is 18.2. The van der Waals surface area contributed by atoms with Gasteiger partial charge in [-0.1, -0.05) is 12.1 Å². The van der Waals surface area contributed by atoms with E-state index in [1.54, 1.807) is 19.2 Å². The van der Waals surface area contributed by atoms with Crippen LogP contribution < -0.4 is 15.4 Å². The summed E-state index contributed by atoms with van der Waals surface area (Å²) < 4.78 is 18.8. The van der Waals surface area contributed by atoms with Gasteiger partial charge in [-0.25, -0.2) is 14.4 Å². The number of halogens is 2. The fourth-order valence-corrected chi connectivity index (χ4v) is 3.52. The van der Waals surface area contributed by atoms with E-state index in [9.17, 15) is 4.39 Å². The first-order valence-corrected chi connectivity index (χ1v) is 10.5. The molecule has 3 aromatic rings. The lowest BCUT2D eigenvalue weighted by Gasteiger charge is -2.19. The van der Waals surface area contributed by atoms with E-state index in [4.69, 9.17) is 4.74 Å². The molecule has 9 heteroatoms. The van der Waals surface area contributed by atoms with Crippen molar-refractivity contribution in [3.8, 4) is 17.1 Å². The number of aromatic nitrogens is 3. The van der Waals surface area contributed by atoms with Gasteiger partial charge < -0.3 is 15.4 Å². The lowest BCUT2D eigenvalue weighted by Crippen LogP contribution is -2.41. The molecule has 0 radical (unpaired) electrons. The lowest BCUT2D eigenvalue weighted by molar-refractivity contribution is 0.415. The van der Waals surface area contributed by atoms with Crippen molar-refractivity contribution in [2.45, 2.75) is 31.7 Å². The molecule has 3 N–H and O–H groups in total. The van der Waals surface area contributed by atoms with Crippen LogP contribution in [-0.2, 0) is 12.0 Å². The van der Waals surface area contributed by atoms with Crippen LogP contribution in [-0.4, -0.2) is 41.3 Å². The molecule has 1 fully saturated rings. The van der Waals surface area contributed by atoms with Crippen molar-refractivity contribution in [2.24, 2.45) is 4.99 Å². The molecule has 4 rings (SSSR count). The quantitative estimate of drug-likeness (QED) is 0.224. The first kappa shape index (κ1) is 24.0. The van der Waals surface area contributed by atoms with Crippen molar-refractivity contribution in [2.75, 3.05) is 20.2 Å². The highest BCUT2D eigenvalue weighted by atomic mass is 127. The van der Waals surface area contributed by atoms with Crippen LogP contribution in [0.25, 0.3) is 11.4 Å². The van der Waals surface area contributed by atoms with Gasteiger partial charge in [0.25, 0.3) is 0 Å². The Labute approximate surface area is 204 Å². The van der Waals surface area contributed by atoms with E-state index < -0.39 is 0 Å². The summed E-state index contributed by atoms with van der Waals surface area (Å²) in [5.41, 5.74) is 1.92. The summed E-state index contributed by atoms with van der Waals surface area (Å²) in [6, 6.07) is 14.5. The summed E-state index contributed by atoms with van der Waals surface area (Å²) in [6.45, 7) is 3.83. The van der Waals surface area contributed by atoms with Gasteiger partial charge in [-0.05, 0) is 61.7 Å². The minimum Gasteiger partial charge on any atom is -0.497 e. The molecule has 7 nitrogen and oxygen atoms in total. The maximum atomic E-state index is 13.6. The third kappa shape index (κ3) is 5.76. The van der Waals surface area contributed by atoms with Crippen molar-refractivity contribution in [1.82, 2.24) is 25.8 Å². The van der Waals surface area contributed by atoms with Gasteiger partial charge in [0, 0.05) is 24.1 Å². The third-order valence-electron chi connectivity index (χ3n) is 5.50. The maximum absolute atomic E-state index is 13.6. The summed E-state index contributed by atoms with van der Waals surface area (Å²) in [5.74, 6) is 2.59. The number of nitrogens with one attached hydrogen (secondary N) is 3. The second-order valence-corrected chi connectivity index (χ2v) is 7.67. The van der Waals surface area contributed by atoms with Crippen LogP contribution >= 0.6 is 24.0 Å². The average molecular weight is 550 g/mol. The zero-order chi connectivity index (χ0) is 21.7. The molecule has 0 atom stereocenters. The number of guanidine groups is 1. The molecule has 0 spiro atoms. The Morgan fingerprint density at radius 2 is 1.97 bits per heavy atom. The Kier molecular flexibility index (Phi) is 8.05. The number of methoxy groups -OCH3 is 1. The fraction of sp³-hybridized carbons (Fsp3) is 0.348. The molecule has 2 aromatic carbocycles. The van der Waals surface area contributed by atoms with Gasteiger partial charge in [0.1, 0.15) is 23.9 Å². The molecule has 1 heterocycles. The van der Waals surface area contributed by atoms with Crippen molar-refractivity contribution in [3.05, 3.63) is 65.7 Å². The standard InChI is InChI=1S/C23H27FN6O.HI/c1-3-25-22(27-15-23(11-12-23)17-5-4-6-18(24)13-17)26-14-20-28-21(30-29-20)16-7-9-19(31-2)10-8-16;/h4-10,13H,3,11-12,14-15H2,1-2H3,(H2,25,26,27)(H,28,29,30);1H.